The molecule has 1 saturated heterocycles. The van der Waals surface area contributed by atoms with Crippen molar-refractivity contribution in [2.75, 3.05) is 20.1 Å². The largest absolute Gasteiger partial charge is 0.349 e. The second-order valence-electron chi connectivity index (χ2n) is 6.75. The third-order valence-electron chi connectivity index (χ3n) is 4.53. The average molecular weight is 316 g/mol. The van der Waals surface area contributed by atoms with Crippen molar-refractivity contribution in [2.24, 2.45) is 0 Å². The van der Waals surface area contributed by atoms with E-state index in [1.165, 1.54) is 0 Å². The molecule has 0 spiro atoms. The lowest BCUT2D eigenvalue weighted by atomic mass is 10.0. The number of hydrogen-bond donors (Lipinski definition) is 1. The number of hydrogen-bond acceptors (Lipinski definition) is 5. The number of aromatic nitrogens is 2. The van der Waals surface area contributed by atoms with Gasteiger partial charge in [-0.05, 0) is 51.9 Å². The molecule has 2 aromatic rings. The maximum Gasteiger partial charge on any atom is 0.259 e. The molecule has 1 aliphatic heterocycles. The van der Waals surface area contributed by atoms with E-state index in [-0.39, 0.29) is 17.9 Å². The summed E-state index contributed by atoms with van der Waals surface area (Å²) in [4.78, 5) is 19.6. The number of aryl methyl sites for hydroxylation is 1. The molecule has 6 heteroatoms. The van der Waals surface area contributed by atoms with E-state index in [0.717, 1.165) is 37.0 Å². The van der Waals surface area contributed by atoms with Crippen molar-refractivity contribution in [2.45, 2.75) is 45.6 Å². The van der Waals surface area contributed by atoms with Gasteiger partial charge < -0.3 is 14.7 Å². The number of nitrogens with zero attached hydrogens (tertiary/aromatic N) is 3. The van der Waals surface area contributed by atoms with Crippen LogP contribution < -0.4 is 5.32 Å². The average Bonchev–Trinajstić information content (AvgIpc) is 2.90. The van der Waals surface area contributed by atoms with E-state index in [1.54, 1.807) is 0 Å². The standard InChI is InChI=1S/C17H24N4O2/c1-10(2)14-9-13(15-11(3)20-23-17(15)19-14)16(22)18-12-5-7-21(4)8-6-12/h9-10,12H,5-8H2,1-4H3,(H,18,22). The molecule has 1 aliphatic rings. The molecule has 2 aromatic heterocycles. The number of pyridine rings is 1. The third-order valence-corrected chi connectivity index (χ3v) is 4.53. The highest BCUT2D eigenvalue weighted by atomic mass is 16.5. The van der Waals surface area contributed by atoms with E-state index in [9.17, 15) is 4.79 Å². The van der Waals surface area contributed by atoms with Crippen LogP contribution >= 0.6 is 0 Å². The summed E-state index contributed by atoms with van der Waals surface area (Å²) in [5.41, 5.74) is 2.62. The molecule has 0 atom stereocenters. The normalized spacial score (nSPS) is 17.1. The molecule has 1 N–H and O–H groups in total. The molecular weight excluding hydrogens is 292 g/mol. The van der Waals surface area contributed by atoms with Crippen molar-refractivity contribution in [1.82, 2.24) is 20.4 Å². The van der Waals surface area contributed by atoms with Crippen molar-refractivity contribution >= 4 is 17.0 Å². The second kappa shape index (κ2) is 6.28. The van der Waals surface area contributed by atoms with Crippen LogP contribution in [-0.2, 0) is 0 Å². The Kier molecular flexibility index (Phi) is 4.35. The molecule has 0 unspecified atom stereocenters. The zero-order chi connectivity index (χ0) is 16.6. The molecule has 0 radical (unpaired) electrons. The van der Waals surface area contributed by atoms with E-state index in [0.29, 0.717) is 17.0 Å². The first-order valence-corrected chi connectivity index (χ1v) is 8.22. The highest BCUT2D eigenvalue weighted by molar-refractivity contribution is 6.06. The van der Waals surface area contributed by atoms with E-state index in [1.807, 2.05) is 13.0 Å². The van der Waals surface area contributed by atoms with Gasteiger partial charge in [-0.1, -0.05) is 19.0 Å². The quantitative estimate of drug-likeness (QED) is 0.942. The fourth-order valence-corrected chi connectivity index (χ4v) is 3.00. The minimum Gasteiger partial charge on any atom is -0.349 e. The summed E-state index contributed by atoms with van der Waals surface area (Å²) in [6, 6.07) is 2.10. The minimum absolute atomic E-state index is 0.0554. The predicted molar refractivity (Wildman–Crippen MR) is 88.6 cm³/mol. The topological polar surface area (TPSA) is 71.3 Å². The Hall–Kier alpha value is -1.95. The number of nitrogens with one attached hydrogen (secondary N) is 1. The maximum absolute atomic E-state index is 12.8. The van der Waals surface area contributed by atoms with E-state index >= 15 is 0 Å². The van der Waals surface area contributed by atoms with Gasteiger partial charge in [-0.2, -0.15) is 0 Å². The zero-order valence-corrected chi connectivity index (χ0v) is 14.2. The Balaban J connectivity index is 1.91. The SMILES string of the molecule is Cc1noc2nc(C(C)C)cc(C(=O)NC3CCN(C)CC3)c12. The molecule has 0 saturated carbocycles. The lowest BCUT2D eigenvalue weighted by Crippen LogP contribution is -2.43. The zero-order valence-electron chi connectivity index (χ0n) is 14.2. The smallest absolute Gasteiger partial charge is 0.259 e. The minimum atomic E-state index is -0.0554. The number of rotatable bonds is 3. The maximum atomic E-state index is 12.8. The summed E-state index contributed by atoms with van der Waals surface area (Å²) in [6.45, 7) is 7.97. The van der Waals surface area contributed by atoms with Gasteiger partial charge in [0.05, 0.1) is 16.6 Å². The van der Waals surface area contributed by atoms with E-state index < -0.39 is 0 Å². The Labute approximate surface area is 136 Å². The molecule has 0 bridgehead atoms. The Morgan fingerprint density at radius 2 is 2.09 bits per heavy atom. The highest BCUT2D eigenvalue weighted by Crippen LogP contribution is 2.25. The van der Waals surface area contributed by atoms with Gasteiger partial charge in [-0.3, -0.25) is 4.79 Å². The molecule has 3 rings (SSSR count). The Morgan fingerprint density at radius 1 is 1.39 bits per heavy atom. The Morgan fingerprint density at radius 3 is 2.74 bits per heavy atom. The summed E-state index contributed by atoms with van der Waals surface area (Å²) < 4.78 is 5.29. The fraction of sp³-hybridized carbons (Fsp3) is 0.588. The van der Waals surface area contributed by atoms with Crippen molar-refractivity contribution in [3.8, 4) is 0 Å². The molecule has 23 heavy (non-hydrogen) atoms. The van der Waals surface area contributed by atoms with Crippen LogP contribution in [0.5, 0.6) is 0 Å². The predicted octanol–water partition coefficient (Wildman–Crippen LogP) is 2.48. The van der Waals surface area contributed by atoms with Gasteiger partial charge in [-0.15, -0.1) is 0 Å². The summed E-state index contributed by atoms with van der Waals surface area (Å²) in [5.74, 6) is 0.167. The lowest BCUT2D eigenvalue weighted by Gasteiger charge is -2.29. The van der Waals surface area contributed by atoms with Crippen molar-refractivity contribution in [3.05, 3.63) is 23.0 Å². The fourth-order valence-electron chi connectivity index (χ4n) is 3.00. The molecule has 1 fully saturated rings. The van der Waals surface area contributed by atoms with Crippen molar-refractivity contribution in [3.63, 3.8) is 0 Å². The van der Waals surface area contributed by atoms with Crippen LogP contribution in [0.25, 0.3) is 11.1 Å². The second-order valence-corrected chi connectivity index (χ2v) is 6.75. The summed E-state index contributed by atoms with van der Waals surface area (Å²) in [6.07, 6.45) is 1.96. The van der Waals surface area contributed by atoms with E-state index in [4.69, 9.17) is 4.52 Å². The summed E-state index contributed by atoms with van der Waals surface area (Å²) in [5, 5.41) is 7.86. The molecule has 6 nitrogen and oxygen atoms in total. The van der Waals surface area contributed by atoms with Crippen LogP contribution in [0.15, 0.2) is 10.6 Å². The first-order chi connectivity index (χ1) is 11.0. The number of amides is 1. The van der Waals surface area contributed by atoms with Gasteiger partial charge in [0.1, 0.15) is 0 Å². The van der Waals surface area contributed by atoms with Gasteiger partial charge >= 0.3 is 0 Å². The van der Waals surface area contributed by atoms with Crippen LogP contribution in [0.2, 0.25) is 0 Å². The molecule has 124 valence electrons. The number of carbonyl (C=O) groups is 1. The van der Waals surface area contributed by atoms with Crippen LogP contribution in [0.1, 0.15) is 54.4 Å². The number of fused-ring (bicyclic) bond motifs is 1. The first kappa shape index (κ1) is 15.9. The van der Waals surface area contributed by atoms with Crippen LogP contribution in [0.4, 0.5) is 0 Å². The van der Waals surface area contributed by atoms with Crippen LogP contribution in [0.3, 0.4) is 0 Å². The van der Waals surface area contributed by atoms with Gasteiger partial charge in [0.15, 0.2) is 0 Å². The third kappa shape index (κ3) is 3.22. The summed E-state index contributed by atoms with van der Waals surface area (Å²) >= 11 is 0. The van der Waals surface area contributed by atoms with Crippen molar-refractivity contribution in [1.29, 1.82) is 0 Å². The van der Waals surface area contributed by atoms with Crippen molar-refractivity contribution < 1.29 is 9.32 Å². The van der Waals surface area contributed by atoms with Gasteiger partial charge in [0, 0.05) is 11.7 Å². The lowest BCUT2D eigenvalue weighted by molar-refractivity contribution is 0.0918. The number of piperidine rings is 1. The van der Waals surface area contributed by atoms with Gasteiger partial charge in [-0.25, -0.2) is 4.98 Å². The molecule has 1 amide bonds. The monoisotopic (exact) mass is 316 g/mol. The number of likely N-dealkylation sites (tertiary alicyclic amines) is 1. The Bertz CT molecular complexity index is 715. The number of carbonyl (C=O) groups excluding carboxylic acids is 1. The first-order valence-electron chi connectivity index (χ1n) is 8.22. The molecule has 0 aromatic carbocycles. The molecular formula is C17H24N4O2. The van der Waals surface area contributed by atoms with Gasteiger partial charge in [0.2, 0.25) is 0 Å². The molecule has 0 aliphatic carbocycles. The van der Waals surface area contributed by atoms with Gasteiger partial charge in [0.25, 0.3) is 11.6 Å². The summed E-state index contributed by atoms with van der Waals surface area (Å²) in [7, 11) is 2.11. The van der Waals surface area contributed by atoms with Crippen LogP contribution in [-0.4, -0.2) is 47.1 Å². The van der Waals surface area contributed by atoms with E-state index in [2.05, 4.69) is 41.3 Å². The highest BCUT2D eigenvalue weighted by Gasteiger charge is 2.23. The molecule has 3 heterocycles. The van der Waals surface area contributed by atoms with Crippen LogP contribution in [0, 0.1) is 6.92 Å².